The number of fused-ring (bicyclic) bond motifs is 1. The van der Waals surface area contributed by atoms with E-state index in [2.05, 4.69) is 0 Å². The van der Waals surface area contributed by atoms with Gasteiger partial charge in [0.25, 0.3) is 0 Å². The molecule has 5 heteroatoms. The second kappa shape index (κ2) is 4.08. The molecule has 0 saturated heterocycles. The number of carbonyl (C=O) groups is 2. The average molecular weight is 235 g/mol. The standard InChI is InChI=1S/C12H13NO4/c1-2-13-6-9(12(16)17)11(15)8-4-3-7(14)5-10(8)13/h3-5,9,14H,2,6H2,1H3,(H,16,17). The van der Waals surface area contributed by atoms with Gasteiger partial charge in [-0.15, -0.1) is 0 Å². The van der Waals surface area contributed by atoms with Gasteiger partial charge in [-0.3, -0.25) is 9.59 Å². The third-order valence-corrected chi connectivity index (χ3v) is 2.99. The minimum Gasteiger partial charge on any atom is -0.508 e. The number of hydrogen-bond acceptors (Lipinski definition) is 4. The summed E-state index contributed by atoms with van der Waals surface area (Å²) in [6.07, 6.45) is 0. The van der Waals surface area contributed by atoms with Gasteiger partial charge in [0.2, 0.25) is 0 Å². The third kappa shape index (κ3) is 1.84. The SMILES string of the molecule is CCN1CC(C(=O)O)C(=O)c2ccc(O)cc21. The van der Waals surface area contributed by atoms with Gasteiger partial charge in [-0.25, -0.2) is 0 Å². The van der Waals surface area contributed by atoms with Crippen LogP contribution in [-0.2, 0) is 4.79 Å². The number of carboxylic acids is 1. The molecule has 0 radical (unpaired) electrons. The van der Waals surface area contributed by atoms with Crippen LogP contribution in [0.2, 0.25) is 0 Å². The van der Waals surface area contributed by atoms with E-state index < -0.39 is 17.7 Å². The van der Waals surface area contributed by atoms with Crippen molar-refractivity contribution in [2.24, 2.45) is 5.92 Å². The van der Waals surface area contributed by atoms with Crippen molar-refractivity contribution in [3.8, 4) is 5.75 Å². The monoisotopic (exact) mass is 235 g/mol. The van der Waals surface area contributed by atoms with Crippen molar-refractivity contribution < 1.29 is 19.8 Å². The lowest BCUT2D eigenvalue weighted by Crippen LogP contribution is -2.42. The van der Waals surface area contributed by atoms with Crippen molar-refractivity contribution in [1.29, 1.82) is 0 Å². The normalized spacial score (nSPS) is 19.0. The molecular weight excluding hydrogens is 222 g/mol. The number of Topliss-reactive ketones (excluding diaryl/α,β-unsaturated/α-hetero) is 1. The van der Waals surface area contributed by atoms with E-state index in [1.165, 1.54) is 18.2 Å². The molecule has 2 rings (SSSR count). The summed E-state index contributed by atoms with van der Waals surface area (Å²) in [7, 11) is 0. The van der Waals surface area contributed by atoms with E-state index in [1.54, 1.807) is 4.90 Å². The molecular formula is C12H13NO4. The maximum absolute atomic E-state index is 11.9. The molecule has 1 aromatic rings. The van der Waals surface area contributed by atoms with Crippen LogP contribution in [0.4, 0.5) is 5.69 Å². The lowest BCUT2D eigenvalue weighted by molar-refractivity contribution is -0.139. The average Bonchev–Trinajstić information content (AvgIpc) is 2.29. The van der Waals surface area contributed by atoms with Gasteiger partial charge in [-0.1, -0.05) is 0 Å². The predicted octanol–water partition coefficient (Wildman–Crippen LogP) is 1.12. The highest BCUT2D eigenvalue weighted by Gasteiger charge is 2.36. The zero-order valence-electron chi connectivity index (χ0n) is 9.38. The van der Waals surface area contributed by atoms with Crippen LogP contribution in [0, 0.1) is 5.92 Å². The number of anilines is 1. The fraction of sp³-hybridized carbons (Fsp3) is 0.333. The summed E-state index contributed by atoms with van der Waals surface area (Å²) >= 11 is 0. The van der Waals surface area contributed by atoms with Crippen LogP contribution in [0.15, 0.2) is 18.2 Å². The quantitative estimate of drug-likeness (QED) is 0.751. The first-order valence-corrected chi connectivity index (χ1v) is 5.39. The molecule has 17 heavy (non-hydrogen) atoms. The Morgan fingerprint density at radius 3 is 2.82 bits per heavy atom. The van der Waals surface area contributed by atoms with E-state index in [0.29, 0.717) is 17.8 Å². The molecule has 1 aliphatic heterocycles. The first-order chi connectivity index (χ1) is 8.04. The Balaban J connectivity index is 2.51. The summed E-state index contributed by atoms with van der Waals surface area (Å²) in [5.41, 5.74) is 0.971. The molecule has 0 bridgehead atoms. The van der Waals surface area contributed by atoms with E-state index >= 15 is 0 Å². The van der Waals surface area contributed by atoms with Gasteiger partial charge in [0.15, 0.2) is 5.78 Å². The first kappa shape index (κ1) is 11.4. The molecule has 2 N–H and O–H groups in total. The molecule has 0 amide bonds. The number of carboxylic acid groups (broad SMARTS) is 1. The van der Waals surface area contributed by atoms with Gasteiger partial charge in [-0.2, -0.15) is 0 Å². The summed E-state index contributed by atoms with van der Waals surface area (Å²) in [4.78, 5) is 24.7. The minimum atomic E-state index is -1.10. The van der Waals surface area contributed by atoms with E-state index in [4.69, 9.17) is 5.11 Å². The van der Waals surface area contributed by atoms with Gasteiger partial charge < -0.3 is 15.1 Å². The summed E-state index contributed by atoms with van der Waals surface area (Å²) in [6.45, 7) is 2.62. The van der Waals surface area contributed by atoms with Crippen LogP contribution in [0.25, 0.3) is 0 Å². The zero-order valence-corrected chi connectivity index (χ0v) is 9.38. The fourth-order valence-corrected chi connectivity index (χ4v) is 2.07. The maximum atomic E-state index is 11.9. The number of aromatic hydroxyl groups is 1. The molecule has 0 aliphatic carbocycles. The number of hydrogen-bond donors (Lipinski definition) is 2. The number of benzene rings is 1. The highest BCUT2D eigenvalue weighted by molar-refractivity contribution is 6.13. The molecule has 0 spiro atoms. The van der Waals surface area contributed by atoms with Crippen LogP contribution in [0.3, 0.4) is 0 Å². The number of phenols is 1. The number of aliphatic carboxylic acids is 1. The molecule has 1 unspecified atom stereocenters. The summed E-state index contributed by atoms with van der Waals surface area (Å²) in [5, 5.41) is 18.4. The van der Waals surface area contributed by atoms with E-state index in [1.807, 2.05) is 6.92 Å². The van der Waals surface area contributed by atoms with Gasteiger partial charge >= 0.3 is 5.97 Å². The van der Waals surface area contributed by atoms with Crippen molar-refractivity contribution in [3.05, 3.63) is 23.8 Å². The zero-order chi connectivity index (χ0) is 12.6. The van der Waals surface area contributed by atoms with Crippen LogP contribution in [-0.4, -0.2) is 35.1 Å². The number of ketones is 1. The fourth-order valence-electron chi connectivity index (χ4n) is 2.07. The third-order valence-electron chi connectivity index (χ3n) is 2.99. The summed E-state index contributed by atoms with van der Waals surface area (Å²) in [6, 6.07) is 4.37. The molecule has 1 heterocycles. The highest BCUT2D eigenvalue weighted by atomic mass is 16.4. The summed E-state index contributed by atoms with van der Waals surface area (Å²) < 4.78 is 0. The molecule has 90 valence electrons. The van der Waals surface area contributed by atoms with Crippen LogP contribution in [0.1, 0.15) is 17.3 Å². The van der Waals surface area contributed by atoms with Gasteiger partial charge in [0, 0.05) is 24.7 Å². The van der Waals surface area contributed by atoms with Crippen molar-refractivity contribution >= 4 is 17.4 Å². The van der Waals surface area contributed by atoms with Crippen LogP contribution in [0.5, 0.6) is 5.75 Å². The van der Waals surface area contributed by atoms with E-state index in [9.17, 15) is 14.7 Å². The molecule has 5 nitrogen and oxygen atoms in total. The van der Waals surface area contributed by atoms with Gasteiger partial charge in [-0.05, 0) is 19.1 Å². The Bertz CT molecular complexity index is 483. The second-order valence-electron chi connectivity index (χ2n) is 4.00. The Kier molecular flexibility index (Phi) is 2.75. The Morgan fingerprint density at radius 1 is 1.53 bits per heavy atom. The van der Waals surface area contributed by atoms with Crippen LogP contribution < -0.4 is 4.90 Å². The number of nitrogens with zero attached hydrogens (tertiary/aromatic N) is 1. The van der Waals surface area contributed by atoms with Crippen molar-refractivity contribution in [2.75, 3.05) is 18.0 Å². The Hall–Kier alpha value is -2.04. The number of phenolic OH excluding ortho intramolecular Hbond substituents is 1. The van der Waals surface area contributed by atoms with Crippen molar-refractivity contribution in [1.82, 2.24) is 0 Å². The topological polar surface area (TPSA) is 77.8 Å². The lowest BCUT2D eigenvalue weighted by atomic mass is 9.91. The molecule has 1 aliphatic rings. The largest absolute Gasteiger partial charge is 0.508 e. The molecule has 1 aromatic carbocycles. The Morgan fingerprint density at radius 2 is 2.24 bits per heavy atom. The molecule has 0 fully saturated rings. The maximum Gasteiger partial charge on any atom is 0.316 e. The Labute approximate surface area is 98.3 Å². The molecule has 1 atom stereocenters. The number of carbonyl (C=O) groups excluding carboxylic acids is 1. The first-order valence-electron chi connectivity index (χ1n) is 5.39. The number of rotatable bonds is 2. The predicted molar refractivity (Wildman–Crippen MR) is 61.5 cm³/mol. The second-order valence-corrected chi connectivity index (χ2v) is 4.00. The van der Waals surface area contributed by atoms with Crippen molar-refractivity contribution in [2.45, 2.75) is 6.92 Å². The van der Waals surface area contributed by atoms with E-state index in [0.717, 1.165) is 0 Å². The lowest BCUT2D eigenvalue weighted by Gasteiger charge is -2.32. The smallest absolute Gasteiger partial charge is 0.316 e. The van der Waals surface area contributed by atoms with Gasteiger partial charge in [0.1, 0.15) is 11.7 Å². The summed E-state index contributed by atoms with van der Waals surface area (Å²) in [5.74, 6) is -2.44. The molecule has 0 saturated carbocycles. The van der Waals surface area contributed by atoms with Crippen molar-refractivity contribution in [3.63, 3.8) is 0 Å². The minimum absolute atomic E-state index is 0.0729. The molecule has 0 aromatic heterocycles. The van der Waals surface area contributed by atoms with Crippen LogP contribution >= 0.6 is 0 Å². The highest BCUT2D eigenvalue weighted by Crippen LogP contribution is 2.32. The van der Waals surface area contributed by atoms with Gasteiger partial charge in [0.05, 0.1) is 5.69 Å². The van der Waals surface area contributed by atoms with E-state index in [-0.39, 0.29) is 12.3 Å².